The van der Waals surface area contributed by atoms with Crippen molar-refractivity contribution in [2.45, 2.75) is 36.6 Å². The van der Waals surface area contributed by atoms with E-state index in [0.29, 0.717) is 0 Å². The molecule has 2 rings (SSSR count). The molecule has 110 valence electrons. The van der Waals surface area contributed by atoms with Gasteiger partial charge in [0.15, 0.2) is 0 Å². The predicted molar refractivity (Wildman–Crippen MR) is 76.9 cm³/mol. The van der Waals surface area contributed by atoms with Crippen molar-refractivity contribution < 1.29 is 17.6 Å². The largest absolute Gasteiger partial charge is 0.349 e. The Labute approximate surface area is 129 Å². The number of rotatable bonds is 3. The van der Waals surface area contributed by atoms with Crippen molar-refractivity contribution >= 4 is 41.6 Å². The van der Waals surface area contributed by atoms with Crippen molar-refractivity contribution in [1.82, 2.24) is 5.32 Å². The number of hydrogen-bond donors (Lipinski definition) is 1. The second-order valence-corrected chi connectivity index (χ2v) is 8.04. The maximum atomic E-state index is 13.6. The third-order valence-corrected chi connectivity index (χ3v) is 5.21. The summed E-state index contributed by atoms with van der Waals surface area (Å²) >= 11 is 3.06. The Balaban J connectivity index is 2.33. The van der Waals surface area contributed by atoms with Gasteiger partial charge in [0, 0.05) is 21.2 Å². The summed E-state index contributed by atoms with van der Waals surface area (Å²) in [6, 6.07) is 1.96. The van der Waals surface area contributed by atoms with Crippen LogP contribution in [0.4, 0.5) is 4.39 Å². The molecule has 1 aromatic rings. The number of benzene rings is 1. The fourth-order valence-electron chi connectivity index (χ4n) is 2.22. The highest BCUT2D eigenvalue weighted by atomic mass is 79.9. The second-order valence-electron chi connectivity index (χ2n) is 4.66. The van der Waals surface area contributed by atoms with Crippen LogP contribution in [0.15, 0.2) is 21.5 Å². The maximum absolute atomic E-state index is 13.6. The van der Waals surface area contributed by atoms with Crippen LogP contribution in [-0.4, -0.2) is 20.4 Å². The molecule has 0 bridgehead atoms. The van der Waals surface area contributed by atoms with Crippen LogP contribution in [0.3, 0.4) is 0 Å². The highest BCUT2D eigenvalue weighted by molar-refractivity contribution is 9.10. The first kappa shape index (κ1) is 15.7. The molecule has 0 unspecified atom stereocenters. The van der Waals surface area contributed by atoms with Crippen LogP contribution in [0, 0.1) is 5.82 Å². The minimum atomic E-state index is -4.24. The summed E-state index contributed by atoms with van der Waals surface area (Å²) in [5.74, 6) is -1.44. The van der Waals surface area contributed by atoms with Crippen LogP contribution in [-0.2, 0) is 9.05 Å². The number of hydrogen-bond acceptors (Lipinski definition) is 3. The molecule has 1 aliphatic carbocycles. The van der Waals surface area contributed by atoms with Gasteiger partial charge in [-0.05, 0) is 40.9 Å². The summed E-state index contributed by atoms with van der Waals surface area (Å²) in [5.41, 5.74) is 0.0533. The van der Waals surface area contributed by atoms with Gasteiger partial charge >= 0.3 is 0 Å². The minimum Gasteiger partial charge on any atom is -0.349 e. The molecular formula is C12H12BrClFNO3S. The van der Waals surface area contributed by atoms with Crippen LogP contribution < -0.4 is 5.32 Å². The summed E-state index contributed by atoms with van der Waals surface area (Å²) in [4.78, 5) is 11.4. The molecule has 8 heteroatoms. The summed E-state index contributed by atoms with van der Waals surface area (Å²) in [7, 11) is 0.911. The van der Waals surface area contributed by atoms with Crippen LogP contribution in [0.2, 0.25) is 0 Å². The Morgan fingerprint density at radius 2 is 1.95 bits per heavy atom. The number of carbonyl (C=O) groups excluding carboxylic acids is 1. The van der Waals surface area contributed by atoms with Gasteiger partial charge in [0.2, 0.25) is 0 Å². The first-order chi connectivity index (χ1) is 9.29. The molecule has 4 nitrogen and oxygen atoms in total. The third-order valence-electron chi connectivity index (χ3n) is 3.22. The topological polar surface area (TPSA) is 63.2 Å². The molecule has 1 fully saturated rings. The molecule has 0 radical (unpaired) electrons. The second kappa shape index (κ2) is 5.99. The normalized spacial score (nSPS) is 16.4. The fraction of sp³-hybridized carbons (Fsp3) is 0.417. The van der Waals surface area contributed by atoms with Gasteiger partial charge in [-0.2, -0.15) is 0 Å². The van der Waals surface area contributed by atoms with Crippen molar-refractivity contribution in [2.75, 3.05) is 0 Å². The Hall–Kier alpha value is -0.660. The lowest BCUT2D eigenvalue weighted by Gasteiger charge is -2.13. The molecule has 0 aliphatic heterocycles. The molecule has 1 aliphatic rings. The van der Waals surface area contributed by atoms with E-state index in [-0.39, 0.29) is 16.1 Å². The maximum Gasteiger partial charge on any atom is 0.264 e. The summed E-state index contributed by atoms with van der Waals surface area (Å²) in [5, 5.41) is 2.80. The highest BCUT2D eigenvalue weighted by Gasteiger charge is 2.24. The van der Waals surface area contributed by atoms with Crippen LogP contribution in [0.1, 0.15) is 36.0 Å². The molecule has 0 aromatic heterocycles. The van der Waals surface area contributed by atoms with Crippen molar-refractivity contribution in [3.05, 3.63) is 28.0 Å². The van der Waals surface area contributed by atoms with Gasteiger partial charge in [0.25, 0.3) is 15.0 Å². The zero-order valence-electron chi connectivity index (χ0n) is 10.3. The number of amides is 1. The van der Waals surface area contributed by atoms with E-state index in [1.54, 1.807) is 0 Å². The molecule has 20 heavy (non-hydrogen) atoms. The van der Waals surface area contributed by atoms with Crippen molar-refractivity contribution in [3.63, 3.8) is 0 Å². The highest BCUT2D eigenvalue weighted by Crippen LogP contribution is 2.27. The molecule has 1 N–H and O–H groups in total. The van der Waals surface area contributed by atoms with E-state index < -0.39 is 25.7 Å². The lowest BCUT2D eigenvalue weighted by Crippen LogP contribution is -2.32. The van der Waals surface area contributed by atoms with Crippen molar-refractivity contribution in [3.8, 4) is 0 Å². The monoisotopic (exact) mass is 383 g/mol. The van der Waals surface area contributed by atoms with E-state index in [1.807, 2.05) is 0 Å². The quantitative estimate of drug-likeness (QED) is 0.814. The molecule has 1 aromatic carbocycles. The van der Waals surface area contributed by atoms with E-state index in [2.05, 4.69) is 21.2 Å². The molecule has 1 amide bonds. The predicted octanol–water partition coefficient (Wildman–Crippen LogP) is 3.19. The van der Waals surface area contributed by atoms with E-state index in [9.17, 15) is 17.6 Å². The van der Waals surface area contributed by atoms with E-state index in [0.717, 1.165) is 37.8 Å². The first-order valence-electron chi connectivity index (χ1n) is 6.03. The average molecular weight is 385 g/mol. The van der Waals surface area contributed by atoms with Gasteiger partial charge < -0.3 is 5.32 Å². The SMILES string of the molecule is O=C(NC1CCCC1)c1cc(S(=O)(=O)Cl)c(F)cc1Br. The Morgan fingerprint density at radius 3 is 2.50 bits per heavy atom. The zero-order valence-corrected chi connectivity index (χ0v) is 13.5. The van der Waals surface area contributed by atoms with E-state index in [4.69, 9.17) is 10.7 Å². The van der Waals surface area contributed by atoms with Crippen LogP contribution >= 0.6 is 26.6 Å². The van der Waals surface area contributed by atoms with Crippen LogP contribution in [0.25, 0.3) is 0 Å². The van der Waals surface area contributed by atoms with Gasteiger partial charge in [-0.15, -0.1) is 0 Å². The summed E-state index contributed by atoms with van der Waals surface area (Å²) in [6.07, 6.45) is 3.89. The molecule has 0 heterocycles. The molecular weight excluding hydrogens is 373 g/mol. The van der Waals surface area contributed by atoms with Crippen LogP contribution in [0.5, 0.6) is 0 Å². The number of nitrogens with one attached hydrogen (secondary N) is 1. The minimum absolute atomic E-state index is 0.0533. The summed E-state index contributed by atoms with van der Waals surface area (Å²) in [6.45, 7) is 0. The summed E-state index contributed by atoms with van der Waals surface area (Å²) < 4.78 is 36.3. The Bertz CT molecular complexity index is 644. The number of halogens is 3. The average Bonchev–Trinajstić information content (AvgIpc) is 2.79. The van der Waals surface area contributed by atoms with Gasteiger partial charge in [-0.1, -0.05) is 12.8 Å². The Morgan fingerprint density at radius 1 is 1.35 bits per heavy atom. The van der Waals surface area contributed by atoms with E-state index in [1.165, 1.54) is 0 Å². The van der Waals surface area contributed by atoms with Gasteiger partial charge in [0.05, 0.1) is 5.56 Å². The smallest absolute Gasteiger partial charge is 0.264 e. The standard InChI is InChI=1S/C12H12BrClFNO3S/c13-9-6-10(15)11(20(14,18)19)5-8(9)12(17)16-7-3-1-2-4-7/h5-7H,1-4H2,(H,16,17). The van der Waals surface area contributed by atoms with E-state index >= 15 is 0 Å². The molecule has 0 spiro atoms. The van der Waals surface area contributed by atoms with Gasteiger partial charge in [-0.25, -0.2) is 12.8 Å². The van der Waals surface area contributed by atoms with Crippen molar-refractivity contribution in [2.24, 2.45) is 0 Å². The first-order valence-corrected chi connectivity index (χ1v) is 9.14. The molecule has 0 saturated heterocycles. The fourth-order valence-corrected chi connectivity index (χ4v) is 3.62. The molecule has 0 atom stereocenters. The zero-order chi connectivity index (χ0) is 14.9. The lowest BCUT2D eigenvalue weighted by atomic mass is 10.2. The lowest BCUT2D eigenvalue weighted by molar-refractivity contribution is 0.0937. The van der Waals surface area contributed by atoms with Gasteiger partial charge in [0.1, 0.15) is 10.7 Å². The molecule has 1 saturated carbocycles. The Kier molecular flexibility index (Phi) is 4.71. The van der Waals surface area contributed by atoms with Gasteiger partial charge in [-0.3, -0.25) is 4.79 Å². The third kappa shape index (κ3) is 3.51. The van der Waals surface area contributed by atoms with Crippen molar-refractivity contribution in [1.29, 1.82) is 0 Å². The number of carbonyl (C=O) groups is 1.